The van der Waals surface area contributed by atoms with Crippen molar-refractivity contribution in [3.05, 3.63) is 12.4 Å². The van der Waals surface area contributed by atoms with Gasteiger partial charge in [-0.3, -0.25) is 0 Å². The summed E-state index contributed by atoms with van der Waals surface area (Å²) in [6.07, 6.45) is 51.4. The van der Waals surface area contributed by atoms with Gasteiger partial charge in [-0.25, -0.2) is 0 Å². The number of hydrogen-bond acceptors (Lipinski definition) is 2. The molecule has 250 valence electrons. The summed E-state index contributed by atoms with van der Waals surface area (Å²) in [7, 11) is 0. The van der Waals surface area contributed by atoms with Gasteiger partial charge in [0.15, 0.2) is 0 Å². The van der Waals surface area contributed by atoms with Crippen LogP contribution < -0.4 is 0 Å². The van der Waals surface area contributed by atoms with Crippen molar-refractivity contribution in [3.63, 3.8) is 0 Å². The zero-order chi connectivity index (χ0) is 30.2. The second-order valence-electron chi connectivity index (χ2n) is 13.9. The minimum absolute atomic E-state index is 0.640. The topological polar surface area (TPSA) is 6.48 Å². The molecule has 0 saturated carbocycles. The Morgan fingerprint density at radius 2 is 0.548 bits per heavy atom. The molecule has 1 aliphatic heterocycles. The third kappa shape index (κ3) is 23.8. The maximum Gasteiger partial charge on any atom is 0.101 e. The van der Waals surface area contributed by atoms with Crippen molar-refractivity contribution in [3.8, 4) is 0 Å². The molecular weight excluding hydrogens is 508 g/mol. The van der Waals surface area contributed by atoms with Crippen LogP contribution in [-0.2, 0) is 0 Å². The van der Waals surface area contributed by atoms with Gasteiger partial charge in [0.1, 0.15) is 6.17 Å². The molecule has 2 nitrogen and oxygen atoms in total. The fraction of sp³-hybridized carbons (Fsp3) is 0.950. The van der Waals surface area contributed by atoms with Gasteiger partial charge < -0.3 is 9.80 Å². The van der Waals surface area contributed by atoms with Crippen LogP contribution in [0.15, 0.2) is 12.4 Å². The second-order valence-corrected chi connectivity index (χ2v) is 13.9. The molecular formula is C40H80N2. The van der Waals surface area contributed by atoms with Crippen LogP contribution in [0.4, 0.5) is 0 Å². The zero-order valence-corrected chi connectivity index (χ0v) is 29.7. The van der Waals surface area contributed by atoms with Crippen LogP contribution in [0.25, 0.3) is 0 Å². The highest BCUT2D eigenvalue weighted by Crippen LogP contribution is 2.24. The quantitative estimate of drug-likeness (QED) is 0.0690. The van der Waals surface area contributed by atoms with Crippen molar-refractivity contribution >= 4 is 0 Å². The normalized spacial score (nSPS) is 15.0. The molecule has 0 saturated heterocycles. The van der Waals surface area contributed by atoms with E-state index < -0.39 is 0 Å². The van der Waals surface area contributed by atoms with Gasteiger partial charge in [0.25, 0.3) is 0 Å². The van der Waals surface area contributed by atoms with Crippen LogP contribution in [-0.4, -0.2) is 29.1 Å². The summed E-state index contributed by atoms with van der Waals surface area (Å²) in [4.78, 5) is 5.42. The molecule has 1 rings (SSSR count). The van der Waals surface area contributed by atoms with Crippen molar-refractivity contribution < 1.29 is 0 Å². The molecule has 0 fully saturated rings. The Kier molecular flexibility index (Phi) is 29.8. The van der Waals surface area contributed by atoms with E-state index in [4.69, 9.17) is 0 Å². The minimum atomic E-state index is 0.640. The van der Waals surface area contributed by atoms with Gasteiger partial charge in [-0.1, -0.05) is 201 Å². The standard InChI is InChI=1S/C40H80N2/c1-4-7-10-13-16-18-19-20-21-22-23-24-25-27-29-32-35-40-41(36-33-30-15-12-9-6-3)38-39-42(40)37-34-31-28-26-17-14-11-8-5-2/h38-40H,4-37H2,1-3H3. The molecule has 0 aromatic heterocycles. The van der Waals surface area contributed by atoms with Crippen LogP contribution in [0.1, 0.15) is 226 Å². The average molecular weight is 589 g/mol. The van der Waals surface area contributed by atoms with Crippen molar-refractivity contribution in [2.75, 3.05) is 13.1 Å². The summed E-state index contributed by atoms with van der Waals surface area (Å²) < 4.78 is 0. The molecule has 42 heavy (non-hydrogen) atoms. The molecule has 0 aromatic rings. The third-order valence-corrected chi connectivity index (χ3v) is 9.82. The predicted molar refractivity (Wildman–Crippen MR) is 191 cm³/mol. The van der Waals surface area contributed by atoms with Crippen LogP contribution in [0.3, 0.4) is 0 Å². The average Bonchev–Trinajstić information content (AvgIpc) is 3.38. The summed E-state index contributed by atoms with van der Waals surface area (Å²) in [6.45, 7) is 9.48. The van der Waals surface area contributed by atoms with E-state index in [9.17, 15) is 0 Å². The fourth-order valence-electron chi connectivity index (χ4n) is 6.89. The Morgan fingerprint density at radius 3 is 0.833 bits per heavy atom. The molecule has 0 radical (unpaired) electrons. The first-order valence-electron chi connectivity index (χ1n) is 20.0. The van der Waals surface area contributed by atoms with E-state index in [0.29, 0.717) is 6.17 Å². The lowest BCUT2D eigenvalue weighted by Gasteiger charge is -2.33. The van der Waals surface area contributed by atoms with Crippen LogP contribution >= 0.6 is 0 Å². The van der Waals surface area contributed by atoms with E-state index in [1.807, 2.05) is 0 Å². The van der Waals surface area contributed by atoms with E-state index >= 15 is 0 Å². The van der Waals surface area contributed by atoms with Crippen LogP contribution in [0.2, 0.25) is 0 Å². The molecule has 1 atom stereocenters. The largest absolute Gasteiger partial charge is 0.356 e. The molecule has 0 aliphatic carbocycles. The minimum Gasteiger partial charge on any atom is -0.356 e. The highest BCUT2D eigenvalue weighted by molar-refractivity contribution is 4.97. The summed E-state index contributed by atoms with van der Waals surface area (Å²) in [5.74, 6) is 0. The van der Waals surface area contributed by atoms with Crippen molar-refractivity contribution in [2.45, 2.75) is 232 Å². The van der Waals surface area contributed by atoms with E-state index in [0.717, 1.165) is 0 Å². The Hall–Kier alpha value is -0.660. The molecule has 0 bridgehead atoms. The van der Waals surface area contributed by atoms with Gasteiger partial charge in [-0.15, -0.1) is 0 Å². The monoisotopic (exact) mass is 589 g/mol. The third-order valence-electron chi connectivity index (χ3n) is 9.82. The lowest BCUT2D eigenvalue weighted by molar-refractivity contribution is 0.135. The first-order valence-corrected chi connectivity index (χ1v) is 20.0. The highest BCUT2D eigenvalue weighted by Gasteiger charge is 2.24. The van der Waals surface area contributed by atoms with Crippen molar-refractivity contribution in [1.82, 2.24) is 9.80 Å². The molecule has 1 aliphatic rings. The van der Waals surface area contributed by atoms with E-state index in [2.05, 4.69) is 43.0 Å². The molecule has 0 spiro atoms. The van der Waals surface area contributed by atoms with E-state index in [1.54, 1.807) is 0 Å². The maximum atomic E-state index is 2.71. The Bertz CT molecular complexity index is 544. The van der Waals surface area contributed by atoms with Gasteiger partial charge in [-0.05, 0) is 25.7 Å². The second kappa shape index (κ2) is 31.8. The lowest BCUT2D eigenvalue weighted by Crippen LogP contribution is -2.39. The van der Waals surface area contributed by atoms with E-state index in [1.165, 1.54) is 219 Å². The fourth-order valence-corrected chi connectivity index (χ4v) is 6.89. The highest BCUT2D eigenvalue weighted by atomic mass is 15.4. The van der Waals surface area contributed by atoms with Gasteiger partial charge in [-0.2, -0.15) is 0 Å². The smallest absolute Gasteiger partial charge is 0.101 e. The number of unbranched alkanes of at least 4 members (excludes halogenated alkanes) is 28. The summed E-state index contributed by atoms with van der Waals surface area (Å²) in [5, 5.41) is 0. The molecule has 2 heteroatoms. The molecule has 1 heterocycles. The first kappa shape index (κ1) is 39.4. The van der Waals surface area contributed by atoms with Crippen LogP contribution in [0.5, 0.6) is 0 Å². The van der Waals surface area contributed by atoms with Gasteiger partial charge >= 0.3 is 0 Å². The van der Waals surface area contributed by atoms with Gasteiger partial charge in [0, 0.05) is 25.5 Å². The van der Waals surface area contributed by atoms with Crippen molar-refractivity contribution in [2.24, 2.45) is 0 Å². The SMILES string of the molecule is CCCCCCCCCCCCCCCCCCC1N(CCCCCCCC)C=CN1CCCCCCCCCCC. The van der Waals surface area contributed by atoms with Crippen molar-refractivity contribution in [1.29, 1.82) is 0 Å². The molecule has 1 unspecified atom stereocenters. The summed E-state index contributed by atoms with van der Waals surface area (Å²) in [6, 6.07) is 0. The number of rotatable bonds is 34. The molecule has 0 N–H and O–H groups in total. The Morgan fingerprint density at radius 1 is 0.310 bits per heavy atom. The molecule has 0 amide bonds. The van der Waals surface area contributed by atoms with Gasteiger partial charge in [0.2, 0.25) is 0 Å². The predicted octanol–water partition coefficient (Wildman–Crippen LogP) is 13.9. The van der Waals surface area contributed by atoms with Gasteiger partial charge in [0.05, 0.1) is 0 Å². The molecule has 0 aromatic carbocycles. The maximum absolute atomic E-state index is 2.71. The summed E-state index contributed by atoms with van der Waals surface area (Å²) >= 11 is 0. The lowest BCUT2D eigenvalue weighted by atomic mass is 10.0. The Balaban J connectivity index is 2.15. The zero-order valence-electron chi connectivity index (χ0n) is 29.7. The number of nitrogens with zero attached hydrogens (tertiary/aromatic N) is 2. The van der Waals surface area contributed by atoms with E-state index in [-0.39, 0.29) is 0 Å². The Labute approximate surface area is 267 Å². The summed E-state index contributed by atoms with van der Waals surface area (Å²) in [5.41, 5.74) is 0. The number of hydrogen-bond donors (Lipinski definition) is 0. The van der Waals surface area contributed by atoms with Crippen LogP contribution in [0, 0.1) is 0 Å². The first-order chi connectivity index (χ1) is 20.8.